The van der Waals surface area contributed by atoms with E-state index >= 15 is 0 Å². The molecule has 0 fully saturated rings. The molecule has 3 rings (SSSR count). The van der Waals surface area contributed by atoms with Crippen LogP contribution in [0.25, 0.3) is 0 Å². The Kier molecular flexibility index (Phi) is 3.62. The first-order chi connectivity index (χ1) is 9.78. The molecule has 2 aromatic rings. The number of carbonyl (C=O) groups is 1. The van der Waals surface area contributed by atoms with Crippen LogP contribution in [0.4, 0.5) is 11.4 Å². The van der Waals surface area contributed by atoms with Crippen molar-refractivity contribution in [2.75, 3.05) is 16.1 Å². The Labute approximate surface area is 121 Å². The maximum atomic E-state index is 12.2. The van der Waals surface area contributed by atoms with E-state index in [0.29, 0.717) is 18.0 Å². The van der Waals surface area contributed by atoms with Gasteiger partial charge in [0.25, 0.3) is 0 Å². The zero-order valence-corrected chi connectivity index (χ0v) is 11.6. The van der Waals surface area contributed by atoms with Crippen LogP contribution < -0.4 is 10.4 Å². The van der Waals surface area contributed by atoms with Crippen molar-refractivity contribution in [2.45, 2.75) is 11.4 Å². The predicted octanol–water partition coefficient (Wildman–Crippen LogP) is 3.13. The molecule has 0 radical (unpaired) electrons. The smallest absolute Gasteiger partial charge is 0.237 e. The number of nitrogens with one attached hydrogen (secondary N) is 1. The monoisotopic (exact) mass is 286 g/mol. The quantitative estimate of drug-likeness (QED) is 0.851. The number of benzene rings is 2. The lowest BCUT2D eigenvalue weighted by atomic mass is 10.2. The van der Waals surface area contributed by atoms with Crippen molar-refractivity contribution in [2.24, 2.45) is 0 Å². The number of hydrogen-bond donors (Lipinski definition) is 2. The van der Waals surface area contributed by atoms with Gasteiger partial charge in [-0.05, 0) is 23.8 Å². The summed E-state index contributed by atoms with van der Waals surface area (Å²) in [6.07, 6.45) is 0. The Bertz CT molecular complexity index is 631. The SMILES string of the molecule is O=C1CSc2ccc(NO)cc2N1Cc1ccccc1. The minimum atomic E-state index is 0.0847. The Balaban J connectivity index is 1.96. The zero-order valence-electron chi connectivity index (χ0n) is 10.7. The lowest BCUT2D eigenvalue weighted by molar-refractivity contribution is -0.116. The third-order valence-electron chi connectivity index (χ3n) is 3.21. The lowest BCUT2D eigenvalue weighted by Crippen LogP contribution is -2.34. The second kappa shape index (κ2) is 5.56. The Morgan fingerprint density at radius 2 is 2.00 bits per heavy atom. The highest BCUT2D eigenvalue weighted by Gasteiger charge is 2.25. The molecule has 0 atom stereocenters. The Morgan fingerprint density at radius 1 is 1.20 bits per heavy atom. The normalized spacial score (nSPS) is 14.1. The van der Waals surface area contributed by atoms with Gasteiger partial charge in [-0.25, -0.2) is 0 Å². The summed E-state index contributed by atoms with van der Waals surface area (Å²) in [7, 11) is 0. The van der Waals surface area contributed by atoms with Crippen LogP contribution in [0.3, 0.4) is 0 Å². The molecule has 102 valence electrons. The highest BCUT2D eigenvalue weighted by molar-refractivity contribution is 8.00. The van der Waals surface area contributed by atoms with Crippen LogP contribution in [0.15, 0.2) is 53.4 Å². The number of rotatable bonds is 3. The highest BCUT2D eigenvalue weighted by Crippen LogP contribution is 2.37. The molecule has 5 heteroatoms. The number of hydrogen-bond acceptors (Lipinski definition) is 4. The molecule has 20 heavy (non-hydrogen) atoms. The molecule has 2 aromatic carbocycles. The van der Waals surface area contributed by atoms with Crippen LogP contribution in [-0.4, -0.2) is 16.9 Å². The van der Waals surface area contributed by atoms with Crippen molar-refractivity contribution >= 4 is 29.0 Å². The van der Waals surface area contributed by atoms with Gasteiger partial charge in [0.2, 0.25) is 5.91 Å². The van der Waals surface area contributed by atoms with E-state index in [1.165, 1.54) is 11.8 Å². The summed E-state index contributed by atoms with van der Waals surface area (Å²) < 4.78 is 0. The summed E-state index contributed by atoms with van der Waals surface area (Å²) in [6.45, 7) is 0.544. The maximum Gasteiger partial charge on any atom is 0.237 e. The second-order valence-electron chi connectivity index (χ2n) is 4.55. The first-order valence-corrected chi connectivity index (χ1v) is 7.28. The van der Waals surface area contributed by atoms with E-state index in [-0.39, 0.29) is 5.91 Å². The van der Waals surface area contributed by atoms with Crippen molar-refractivity contribution in [1.82, 2.24) is 0 Å². The van der Waals surface area contributed by atoms with E-state index in [9.17, 15) is 4.79 Å². The van der Waals surface area contributed by atoms with E-state index in [4.69, 9.17) is 5.21 Å². The standard InChI is InChI=1S/C15H14N2O2S/c18-15-10-20-14-7-6-12(16-19)8-13(14)17(15)9-11-4-2-1-3-5-11/h1-8,16,19H,9-10H2. The largest absolute Gasteiger partial charge is 0.306 e. The van der Waals surface area contributed by atoms with Crippen molar-refractivity contribution in [3.8, 4) is 0 Å². The number of fused-ring (bicyclic) bond motifs is 1. The fraction of sp³-hybridized carbons (Fsp3) is 0.133. The molecule has 1 heterocycles. The van der Waals surface area contributed by atoms with Gasteiger partial charge >= 0.3 is 0 Å². The summed E-state index contributed by atoms with van der Waals surface area (Å²) in [5.41, 5.74) is 4.64. The van der Waals surface area contributed by atoms with E-state index in [2.05, 4.69) is 5.48 Å². The molecule has 2 N–H and O–H groups in total. The summed E-state index contributed by atoms with van der Waals surface area (Å²) in [4.78, 5) is 15.0. The van der Waals surface area contributed by atoms with Crippen molar-refractivity contribution in [1.29, 1.82) is 0 Å². The zero-order chi connectivity index (χ0) is 13.9. The third-order valence-corrected chi connectivity index (χ3v) is 4.26. The summed E-state index contributed by atoms with van der Waals surface area (Å²) in [5.74, 6) is 0.535. The van der Waals surface area contributed by atoms with Crippen molar-refractivity contribution in [3.63, 3.8) is 0 Å². The molecule has 0 saturated carbocycles. The first kappa shape index (κ1) is 13.0. The van der Waals surface area contributed by atoms with E-state index in [1.54, 1.807) is 17.0 Å². The minimum Gasteiger partial charge on any atom is -0.306 e. The summed E-state index contributed by atoms with van der Waals surface area (Å²) in [6, 6.07) is 15.4. The van der Waals surface area contributed by atoms with Gasteiger partial charge in [-0.3, -0.25) is 15.5 Å². The van der Waals surface area contributed by atoms with Gasteiger partial charge in [-0.15, -0.1) is 11.8 Å². The summed E-state index contributed by atoms with van der Waals surface area (Å²) in [5, 5.41) is 9.02. The fourth-order valence-electron chi connectivity index (χ4n) is 2.21. The first-order valence-electron chi connectivity index (χ1n) is 6.29. The van der Waals surface area contributed by atoms with Gasteiger partial charge in [0, 0.05) is 4.90 Å². The van der Waals surface area contributed by atoms with Crippen LogP contribution in [-0.2, 0) is 11.3 Å². The minimum absolute atomic E-state index is 0.0847. The Hall–Kier alpha value is -1.98. The second-order valence-corrected chi connectivity index (χ2v) is 5.57. The number of thioether (sulfide) groups is 1. The molecule has 1 aliphatic rings. The molecule has 0 saturated heterocycles. The molecule has 0 unspecified atom stereocenters. The van der Waals surface area contributed by atoms with E-state index < -0.39 is 0 Å². The molecule has 0 aromatic heterocycles. The number of anilines is 2. The lowest BCUT2D eigenvalue weighted by Gasteiger charge is -2.29. The van der Waals surface area contributed by atoms with E-state index in [0.717, 1.165) is 16.1 Å². The highest BCUT2D eigenvalue weighted by atomic mass is 32.2. The average Bonchev–Trinajstić information content (AvgIpc) is 2.51. The van der Waals surface area contributed by atoms with Crippen LogP contribution in [0.1, 0.15) is 5.56 Å². The number of nitrogens with zero attached hydrogens (tertiary/aromatic N) is 1. The fourth-order valence-corrected chi connectivity index (χ4v) is 3.13. The average molecular weight is 286 g/mol. The molecule has 0 bridgehead atoms. The molecular weight excluding hydrogens is 272 g/mol. The van der Waals surface area contributed by atoms with Gasteiger partial charge in [0.05, 0.1) is 23.7 Å². The predicted molar refractivity (Wildman–Crippen MR) is 80.2 cm³/mol. The van der Waals surface area contributed by atoms with Gasteiger partial charge in [-0.2, -0.15) is 0 Å². The molecule has 4 nitrogen and oxygen atoms in total. The maximum absolute atomic E-state index is 12.2. The van der Waals surface area contributed by atoms with Gasteiger partial charge in [0.1, 0.15) is 0 Å². The summed E-state index contributed by atoms with van der Waals surface area (Å²) >= 11 is 1.53. The molecule has 1 amide bonds. The molecule has 0 aliphatic carbocycles. The van der Waals surface area contributed by atoms with Crippen molar-refractivity contribution in [3.05, 3.63) is 54.1 Å². The van der Waals surface area contributed by atoms with Crippen molar-refractivity contribution < 1.29 is 10.0 Å². The van der Waals surface area contributed by atoms with Crippen LogP contribution >= 0.6 is 11.8 Å². The number of amides is 1. The molecular formula is C15H14N2O2S. The van der Waals surface area contributed by atoms with Crippen LogP contribution in [0.2, 0.25) is 0 Å². The number of carbonyl (C=O) groups excluding carboxylic acids is 1. The van der Waals surface area contributed by atoms with Gasteiger partial charge in [-0.1, -0.05) is 30.3 Å². The third kappa shape index (κ3) is 2.50. The topological polar surface area (TPSA) is 52.6 Å². The molecule has 1 aliphatic heterocycles. The van der Waals surface area contributed by atoms with E-state index in [1.807, 2.05) is 36.4 Å². The molecule has 0 spiro atoms. The Morgan fingerprint density at radius 3 is 2.75 bits per heavy atom. The van der Waals surface area contributed by atoms with Gasteiger partial charge in [0.15, 0.2) is 0 Å². The van der Waals surface area contributed by atoms with Crippen LogP contribution in [0, 0.1) is 0 Å². The van der Waals surface area contributed by atoms with Crippen LogP contribution in [0.5, 0.6) is 0 Å². The van der Waals surface area contributed by atoms with Gasteiger partial charge < -0.3 is 4.90 Å².